The molecule has 0 bridgehead atoms. The number of benzene rings is 2. The summed E-state index contributed by atoms with van der Waals surface area (Å²) in [6.45, 7) is 4.93. The lowest BCUT2D eigenvalue weighted by Gasteiger charge is -2.30. The molecule has 1 N–H and O–H groups in total. The molecule has 2 aromatic carbocycles. The highest BCUT2D eigenvalue weighted by atomic mass is 16.5. The van der Waals surface area contributed by atoms with Crippen molar-refractivity contribution in [3.8, 4) is 5.75 Å². The number of aryl methyl sites for hydroxylation is 2. The molecule has 0 spiro atoms. The Bertz CT molecular complexity index is 830. The number of ether oxygens (including phenoxy) is 1. The molecule has 148 valence electrons. The average Bonchev–Trinajstić information content (AvgIpc) is 2.69. The molecule has 5 nitrogen and oxygen atoms in total. The van der Waals surface area contributed by atoms with E-state index in [4.69, 9.17) is 4.74 Å². The second-order valence-electron chi connectivity index (χ2n) is 7.26. The molecule has 28 heavy (non-hydrogen) atoms. The Hall–Kier alpha value is -2.82. The maximum absolute atomic E-state index is 12.4. The summed E-state index contributed by atoms with van der Waals surface area (Å²) in [4.78, 5) is 26.4. The van der Waals surface area contributed by atoms with E-state index < -0.39 is 0 Å². The van der Waals surface area contributed by atoms with Gasteiger partial charge in [0.1, 0.15) is 5.75 Å². The standard InChI is InChI=1S/C23H28N2O3/c1-3-4-5-14-25-20-15-19(11-12-21(20)28-16-23(25)27)24-22(26)13-10-18-8-6-17(2)7-9-18/h6-9,11-12,15H,3-5,10,13-14,16H2,1-2H3,(H,24,26). The molecule has 0 fully saturated rings. The summed E-state index contributed by atoms with van der Waals surface area (Å²) in [5, 5.41) is 2.94. The number of carbonyl (C=O) groups is 2. The fourth-order valence-corrected chi connectivity index (χ4v) is 3.28. The summed E-state index contributed by atoms with van der Waals surface area (Å²) < 4.78 is 5.54. The van der Waals surface area contributed by atoms with E-state index in [0.29, 0.717) is 30.8 Å². The predicted molar refractivity (Wildman–Crippen MR) is 112 cm³/mol. The zero-order valence-electron chi connectivity index (χ0n) is 16.7. The Morgan fingerprint density at radius 2 is 1.93 bits per heavy atom. The van der Waals surface area contributed by atoms with Crippen LogP contribution in [-0.4, -0.2) is 25.0 Å². The lowest BCUT2D eigenvalue weighted by atomic mass is 10.1. The van der Waals surface area contributed by atoms with Crippen LogP contribution in [0.1, 0.15) is 43.7 Å². The SMILES string of the molecule is CCCCCN1C(=O)COc2ccc(NC(=O)CCc3ccc(C)cc3)cc21. The molecule has 2 amide bonds. The Morgan fingerprint density at radius 1 is 1.14 bits per heavy atom. The highest BCUT2D eigenvalue weighted by Crippen LogP contribution is 2.34. The maximum Gasteiger partial charge on any atom is 0.265 e. The van der Waals surface area contributed by atoms with Gasteiger partial charge in [-0.1, -0.05) is 49.6 Å². The molecule has 0 aromatic heterocycles. The van der Waals surface area contributed by atoms with Crippen molar-refractivity contribution >= 4 is 23.2 Å². The van der Waals surface area contributed by atoms with Gasteiger partial charge in [-0.05, 0) is 43.5 Å². The van der Waals surface area contributed by atoms with Gasteiger partial charge in [-0.2, -0.15) is 0 Å². The van der Waals surface area contributed by atoms with Gasteiger partial charge in [-0.15, -0.1) is 0 Å². The van der Waals surface area contributed by atoms with Crippen molar-refractivity contribution in [1.82, 2.24) is 0 Å². The summed E-state index contributed by atoms with van der Waals surface area (Å²) >= 11 is 0. The van der Waals surface area contributed by atoms with Crippen molar-refractivity contribution < 1.29 is 14.3 Å². The number of amides is 2. The van der Waals surface area contributed by atoms with Crippen molar-refractivity contribution in [2.24, 2.45) is 0 Å². The third kappa shape index (κ3) is 5.12. The first-order valence-corrected chi connectivity index (χ1v) is 9.99. The second-order valence-corrected chi connectivity index (χ2v) is 7.26. The molecule has 5 heteroatoms. The molecule has 1 aliphatic heterocycles. The number of fused-ring (bicyclic) bond motifs is 1. The summed E-state index contributed by atoms with van der Waals surface area (Å²) in [6.07, 6.45) is 4.24. The molecular formula is C23H28N2O3. The van der Waals surface area contributed by atoms with Crippen molar-refractivity contribution in [1.29, 1.82) is 0 Å². The van der Waals surface area contributed by atoms with Crippen molar-refractivity contribution in [3.63, 3.8) is 0 Å². The predicted octanol–water partition coefficient (Wildman–Crippen LogP) is 4.48. The first kappa shape index (κ1) is 19.9. The molecule has 0 saturated carbocycles. The van der Waals surface area contributed by atoms with Crippen LogP contribution in [0.2, 0.25) is 0 Å². The minimum atomic E-state index is -0.0406. The van der Waals surface area contributed by atoms with Gasteiger partial charge in [0, 0.05) is 18.7 Å². The number of nitrogens with one attached hydrogen (secondary N) is 1. The third-order valence-electron chi connectivity index (χ3n) is 4.93. The fourth-order valence-electron chi connectivity index (χ4n) is 3.28. The Kier molecular flexibility index (Phi) is 6.69. The molecule has 2 aromatic rings. The largest absolute Gasteiger partial charge is 0.482 e. The maximum atomic E-state index is 12.4. The van der Waals surface area contributed by atoms with Crippen molar-refractivity contribution in [2.75, 3.05) is 23.4 Å². The lowest BCUT2D eigenvalue weighted by molar-refractivity contribution is -0.121. The van der Waals surface area contributed by atoms with Gasteiger partial charge in [0.25, 0.3) is 5.91 Å². The molecule has 0 atom stereocenters. The molecule has 1 aliphatic rings. The monoisotopic (exact) mass is 380 g/mol. The van der Waals surface area contributed by atoms with E-state index in [1.54, 1.807) is 4.90 Å². The first-order chi connectivity index (χ1) is 13.6. The van der Waals surface area contributed by atoms with Crippen molar-refractivity contribution in [2.45, 2.75) is 46.0 Å². The van der Waals surface area contributed by atoms with Crippen LogP contribution in [0.25, 0.3) is 0 Å². The van der Waals surface area contributed by atoms with Gasteiger partial charge in [0.2, 0.25) is 5.91 Å². The van der Waals surface area contributed by atoms with Crippen LogP contribution in [0.15, 0.2) is 42.5 Å². The zero-order valence-corrected chi connectivity index (χ0v) is 16.7. The minimum absolute atomic E-state index is 0.0357. The van der Waals surface area contributed by atoms with Crippen LogP contribution < -0.4 is 15.0 Å². The van der Waals surface area contributed by atoms with Gasteiger partial charge in [0.15, 0.2) is 6.61 Å². The number of anilines is 2. The molecular weight excluding hydrogens is 352 g/mol. The first-order valence-electron chi connectivity index (χ1n) is 9.99. The second kappa shape index (κ2) is 9.40. The van der Waals surface area contributed by atoms with Crippen LogP contribution >= 0.6 is 0 Å². The molecule has 3 rings (SSSR count). The number of unbranched alkanes of at least 4 members (excludes halogenated alkanes) is 2. The van der Waals surface area contributed by atoms with E-state index >= 15 is 0 Å². The summed E-state index contributed by atoms with van der Waals surface area (Å²) in [7, 11) is 0. The van der Waals surface area contributed by atoms with Gasteiger partial charge in [-0.25, -0.2) is 0 Å². The molecule has 0 radical (unpaired) electrons. The highest BCUT2D eigenvalue weighted by molar-refractivity contribution is 5.99. The molecule has 0 unspecified atom stereocenters. The zero-order chi connectivity index (χ0) is 19.9. The van der Waals surface area contributed by atoms with E-state index in [2.05, 4.69) is 36.5 Å². The van der Waals surface area contributed by atoms with Gasteiger partial charge in [0.05, 0.1) is 5.69 Å². The Balaban J connectivity index is 1.63. The number of rotatable bonds is 8. The normalized spacial score (nSPS) is 13.1. The molecule has 0 saturated heterocycles. The summed E-state index contributed by atoms with van der Waals surface area (Å²) in [5.74, 6) is 0.612. The van der Waals surface area contributed by atoms with Crippen molar-refractivity contribution in [3.05, 3.63) is 53.6 Å². The van der Waals surface area contributed by atoms with E-state index in [1.807, 2.05) is 25.1 Å². The Labute approximate surface area is 166 Å². The number of carbonyl (C=O) groups excluding carboxylic acids is 2. The van der Waals surface area contributed by atoms with Gasteiger partial charge in [-0.3, -0.25) is 9.59 Å². The highest BCUT2D eigenvalue weighted by Gasteiger charge is 2.25. The third-order valence-corrected chi connectivity index (χ3v) is 4.93. The molecule has 1 heterocycles. The van der Waals surface area contributed by atoms with Crippen LogP contribution in [0.3, 0.4) is 0 Å². The van der Waals surface area contributed by atoms with Crippen LogP contribution in [0.5, 0.6) is 5.75 Å². The van der Waals surface area contributed by atoms with Crippen LogP contribution in [0, 0.1) is 6.92 Å². The minimum Gasteiger partial charge on any atom is -0.482 e. The summed E-state index contributed by atoms with van der Waals surface area (Å²) in [6, 6.07) is 13.7. The van der Waals surface area contributed by atoms with Crippen LogP contribution in [0.4, 0.5) is 11.4 Å². The van der Waals surface area contributed by atoms with E-state index in [1.165, 1.54) is 5.56 Å². The Morgan fingerprint density at radius 3 is 2.68 bits per heavy atom. The topological polar surface area (TPSA) is 58.6 Å². The van der Waals surface area contributed by atoms with Crippen LogP contribution in [-0.2, 0) is 16.0 Å². The van der Waals surface area contributed by atoms with Gasteiger partial charge < -0.3 is 15.0 Å². The smallest absolute Gasteiger partial charge is 0.265 e. The number of hydrogen-bond acceptors (Lipinski definition) is 3. The fraction of sp³-hybridized carbons (Fsp3) is 0.391. The quantitative estimate of drug-likeness (QED) is 0.687. The lowest BCUT2D eigenvalue weighted by Crippen LogP contribution is -2.39. The van der Waals surface area contributed by atoms with E-state index in [-0.39, 0.29) is 18.4 Å². The van der Waals surface area contributed by atoms with E-state index in [9.17, 15) is 9.59 Å². The summed E-state index contributed by atoms with van der Waals surface area (Å²) in [5.41, 5.74) is 3.78. The number of hydrogen-bond donors (Lipinski definition) is 1. The van der Waals surface area contributed by atoms with E-state index in [0.717, 1.165) is 30.5 Å². The van der Waals surface area contributed by atoms with Gasteiger partial charge >= 0.3 is 0 Å². The average molecular weight is 380 g/mol. The molecule has 0 aliphatic carbocycles. The number of nitrogens with zero attached hydrogens (tertiary/aromatic N) is 1.